The molecule has 2 N–H and O–H groups in total. The van der Waals surface area contributed by atoms with Crippen LogP contribution in [0.1, 0.15) is 10.5 Å². The Hall–Kier alpha value is -3.05. The number of likely N-dealkylation sites (N-methyl/N-ethyl adjacent to an activating group) is 1. The summed E-state index contributed by atoms with van der Waals surface area (Å²) in [5.41, 5.74) is 0.538. The fourth-order valence-electron chi connectivity index (χ4n) is 3.09. The standard InChI is InChI=1S/C16H19N5O6/c1-19(9-14(22)23)7-11-8-20(4-5-27-11)16(24)15-12-6-10(21(25)26)2-3-13(12)17-18-15/h2-3,6,11H,4-5,7-9H2,1H3,(H,17,18)(H,22,23). The predicted molar refractivity (Wildman–Crippen MR) is 93.5 cm³/mol. The second kappa shape index (κ2) is 7.68. The zero-order valence-electron chi connectivity index (χ0n) is 14.6. The number of hydrogen-bond donors (Lipinski definition) is 2. The second-order valence-electron chi connectivity index (χ2n) is 6.39. The molecule has 144 valence electrons. The fourth-order valence-corrected chi connectivity index (χ4v) is 3.09. The summed E-state index contributed by atoms with van der Waals surface area (Å²) in [4.78, 5) is 37.3. The van der Waals surface area contributed by atoms with Gasteiger partial charge in [-0.1, -0.05) is 0 Å². The number of fused-ring (bicyclic) bond motifs is 1. The maximum Gasteiger partial charge on any atom is 0.317 e. The Balaban J connectivity index is 1.75. The van der Waals surface area contributed by atoms with Crippen molar-refractivity contribution in [2.75, 3.05) is 39.8 Å². The summed E-state index contributed by atoms with van der Waals surface area (Å²) < 4.78 is 5.62. The summed E-state index contributed by atoms with van der Waals surface area (Å²) in [5, 5.41) is 27.0. The number of carbonyl (C=O) groups is 2. The van der Waals surface area contributed by atoms with Crippen LogP contribution in [0.25, 0.3) is 10.9 Å². The van der Waals surface area contributed by atoms with Crippen LogP contribution in [0.15, 0.2) is 18.2 Å². The van der Waals surface area contributed by atoms with Gasteiger partial charge in [-0.15, -0.1) is 0 Å². The first-order valence-corrected chi connectivity index (χ1v) is 8.29. The third-order valence-corrected chi connectivity index (χ3v) is 4.31. The van der Waals surface area contributed by atoms with Gasteiger partial charge in [-0.3, -0.25) is 29.7 Å². The molecule has 11 heteroatoms. The van der Waals surface area contributed by atoms with Crippen molar-refractivity contribution in [2.45, 2.75) is 6.10 Å². The number of benzene rings is 1. The molecule has 0 radical (unpaired) electrons. The monoisotopic (exact) mass is 377 g/mol. The maximum atomic E-state index is 12.9. The maximum absolute atomic E-state index is 12.9. The fraction of sp³-hybridized carbons (Fsp3) is 0.438. The summed E-state index contributed by atoms with van der Waals surface area (Å²) in [6, 6.07) is 4.18. The molecule has 1 aromatic carbocycles. The number of carboxylic acid groups (broad SMARTS) is 1. The zero-order valence-corrected chi connectivity index (χ0v) is 14.6. The zero-order chi connectivity index (χ0) is 19.6. The molecule has 1 aliphatic heterocycles. The molecule has 27 heavy (non-hydrogen) atoms. The van der Waals surface area contributed by atoms with Crippen molar-refractivity contribution in [3.8, 4) is 0 Å². The molecule has 2 aromatic rings. The van der Waals surface area contributed by atoms with E-state index in [4.69, 9.17) is 9.84 Å². The van der Waals surface area contributed by atoms with E-state index in [-0.39, 0.29) is 36.5 Å². The Labute approximate surface area is 153 Å². The van der Waals surface area contributed by atoms with Gasteiger partial charge < -0.3 is 14.7 Å². The third-order valence-electron chi connectivity index (χ3n) is 4.31. The molecule has 0 bridgehead atoms. The number of rotatable bonds is 6. The molecular weight excluding hydrogens is 358 g/mol. The molecule has 0 saturated carbocycles. The van der Waals surface area contributed by atoms with E-state index in [2.05, 4.69) is 10.2 Å². The van der Waals surface area contributed by atoms with Gasteiger partial charge >= 0.3 is 5.97 Å². The van der Waals surface area contributed by atoms with Gasteiger partial charge in [0.1, 0.15) is 0 Å². The van der Waals surface area contributed by atoms with Crippen molar-refractivity contribution in [1.82, 2.24) is 20.0 Å². The Morgan fingerprint density at radius 3 is 3.00 bits per heavy atom. The lowest BCUT2D eigenvalue weighted by atomic mass is 10.1. The minimum absolute atomic E-state index is 0.118. The SMILES string of the molecule is CN(CC(=O)O)CC1CN(C(=O)c2n[nH]c3ccc([N+](=O)[O-])cc23)CCO1. The van der Waals surface area contributed by atoms with Crippen molar-refractivity contribution < 1.29 is 24.4 Å². The molecule has 0 aliphatic carbocycles. The Kier molecular flexibility index (Phi) is 5.33. The smallest absolute Gasteiger partial charge is 0.317 e. The van der Waals surface area contributed by atoms with Crippen molar-refractivity contribution in [3.63, 3.8) is 0 Å². The highest BCUT2D eigenvalue weighted by Crippen LogP contribution is 2.23. The van der Waals surface area contributed by atoms with E-state index in [0.717, 1.165) is 0 Å². The van der Waals surface area contributed by atoms with Crippen LogP contribution in [0.4, 0.5) is 5.69 Å². The molecule has 1 amide bonds. The molecule has 1 saturated heterocycles. The largest absolute Gasteiger partial charge is 0.480 e. The molecule has 1 aliphatic rings. The molecular formula is C16H19N5O6. The van der Waals surface area contributed by atoms with Crippen LogP contribution < -0.4 is 0 Å². The van der Waals surface area contributed by atoms with Crippen molar-refractivity contribution in [2.24, 2.45) is 0 Å². The number of carboxylic acids is 1. The molecule has 1 atom stereocenters. The quantitative estimate of drug-likeness (QED) is 0.542. The number of carbonyl (C=O) groups excluding carboxylic acids is 1. The number of nitrogens with zero attached hydrogens (tertiary/aromatic N) is 4. The number of morpholine rings is 1. The van der Waals surface area contributed by atoms with Gasteiger partial charge in [0.05, 0.1) is 29.7 Å². The molecule has 0 spiro atoms. The number of ether oxygens (including phenoxy) is 1. The van der Waals surface area contributed by atoms with Crippen molar-refractivity contribution >= 4 is 28.5 Å². The highest BCUT2D eigenvalue weighted by molar-refractivity contribution is 6.05. The highest BCUT2D eigenvalue weighted by atomic mass is 16.6. The summed E-state index contributed by atoms with van der Waals surface area (Å²) >= 11 is 0. The lowest BCUT2D eigenvalue weighted by Gasteiger charge is -2.34. The van der Waals surface area contributed by atoms with Crippen LogP contribution in [-0.2, 0) is 9.53 Å². The number of aromatic amines is 1. The Morgan fingerprint density at radius 1 is 1.52 bits per heavy atom. The van der Waals surface area contributed by atoms with E-state index in [1.165, 1.54) is 18.2 Å². The molecule has 3 rings (SSSR count). The van der Waals surface area contributed by atoms with Crippen LogP contribution >= 0.6 is 0 Å². The van der Waals surface area contributed by atoms with Crippen LogP contribution in [0.5, 0.6) is 0 Å². The number of H-pyrrole nitrogens is 1. The van der Waals surface area contributed by atoms with Crippen LogP contribution in [0, 0.1) is 10.1 Å². The molecule has 1 unspecified atom stereocenters. The van der Waals surface area contributed by atoms with Gasteiger partial charge in [0.2, 0.25) is 0 Å². The van der Waals surface area contributed by atoms with E-state index in [1.807, 2.05) is 0 Å². The Morgan fingerprint density at radius 2 is 2.30 bits per heavy atom. The lowest BCUT2D eigenvalue weighted by molar-refractivity contribution is -0.384. The summed E-state index contributed by atoms with van der Waals surface area (Å²) in [7, 11) is 1.67. The van der Waals surface area contributed by atoms with Gasteiger partial charge in [0.25, 0.3) is 11.6 Å². The Bertz CT molecular complexity index is 881. The van der Waals surface area contributed by atoms with Crippen LogP contribution in [0.2, 0.25) is 0 Å². The van der Waals surface area contributed by atoms with E-state index >= 15 is 0 Å². The lowest BCUT2D eigenvalue weighted by Crippen LogP contribution is -2.49. The van der Waals surface area contributed by atoms with Gasteiger partial charge in [-0.2, -0.15) is 5.10 Å². The average Bonchev–Trinajstić information content (AvgIpc) is 3.03. The van der Waals surface area contributed by atoms with Crippen LogP contribution in [-0.4, -0.2) is 87.8 Å². The predicted octanol–water partition coefficient (Wildman–Crippen LogP) is 0.329. The molecule has 1 fully saturated rings. The summed E-state index contributed by atoms with van der Waals surface area (Å²) in [5.74, 6) is -1.29. The van der Waals surface area contributed by atoms with E-state index in [1.54, 1.807) is 16.8 Å². The number of nitro groups is 1. The van der Waals surface area contributed by atoms with Gasteiger partial charge in [-0.05, 0) is 13.1 Å². The molecule has 11 nitrogen and oxygen atoms in total. The third kappa shape index (κ3) is 4.20. The first kappa shape index (κ1) is 18.7. The number of nitrogens with one attached hydrogen (secondary N) is 1. The topological polar surface area (TPSA) is 142 Å². The normalized spacial score (nSPS) is 17.4. The van der Waals surface area contributed by atoms with Gasteiger partial charge in [0, 0.05) is 37.2 Å². The van der Waals surface area contributed by atoms with Crippen molar-refractivity contribution in [1.29, 1.82) is 0 Å². The van der Waals surface area contributed by atoms with E-state index in [9.17, 15) is 19.7 Å². The van der Waals surface area contributed by atoms with Gasteiger partial charge in [0.15, 0.2) is 5.69 Å². The number of non-ortho nitro benzene ring substituents is 1. The molecule has 2 heterocycles. The minimum atomic E-state index is -0.939. The minimum Gasteiger partial charge on any atom is -0.480 e. The van der Waals surface area contributed by atoms with Crippen LogP contribution in [0.3, 0.4) is 0 Å². The average molecular weight is 377 g/mol. The second-order valence-corrected chi connectivity index (χ2v) is 6.39. The summed E-state index contributed by atoms with van der Waals surface area (Å²) in [6.45, 7) is 1.21. The number of aliphatic carboxylic acids is 1. The first-order valence-electron chi connectivity index (χ1n) is 8.29. The number of amides is 1. The highest BCUT2D eigenvalue weighted by Gasteiger charge is 2.29. The first-order chi connectivity index (χ1) is 12.8. The van der Waals surface area contributed by atoms with Gasteiger partial charge in [-0.25, -0.2) is 0 Å². The van der Waals surface area contributed by atoms with Crippen molar-refractivity contribution in [3.05, 3.63) is 34.0 Å². The molecule has 1 aromatic heterocycles. The van der Waals surface area contributed by atoms with E-state index in [0.29, 0.717) is 30.6 Å². The summed E-state index contributed by atoms with van der Waals surface area (Å²) in [6.07, 6.45) is -0.327. The number of aromatic nitrogens is 2. The number of hydrogen-bond acceptors (Lipinski definition) is 7. The van der Waals surface area contributed by atoms with E-state index < -0.39 is 10.9 Å². The number of nitro benzene ring substituents is 1.